The van der Waals surface area contributed by atoms with E-state index in [1.54, 1.807) is 0 Å². The molecular weight excluding hydrogens is 227 g/mol. The number of aromatic nitrogens is 1. The molecule has 0 aliphatic rings. The lowest BCUT2D eigenvalue weighted by Gasteiger charge is -2.13. The second-order valence-corrected chi connectivity index (χ2v) is 2.99. The van der Waals surface area contributed by atoms with Gasteiger partial charge in [0.1, 0.15) is 17.1 Å². The number of alkyl halides is 3. The molecule has 0 amide bonds. The second-order valence-electron chi connectivity index (χ2n) is 2.99. The Morgan fingerprint density at radius 2 is 2.00 bits per heavy atom. The molecule has 0 saturated carbocycles. The highest BCUT2D eigenvalue weighted by atomic mass is 19.4. The standard InChI is InChI=1S/C8H8F3N3O2/c1-12-6-4(13-16)3-5(8(9,10)11)14(2)7(6)15/h3,12H,1-2H3. The second kappa shape index (κ2) is 3.95. The van der Waals surface area contributed by atoms with E-state index in [1.807, 2.05) is 0 Å². The molecule has 0 atom stereocenters. The summed E-state index contributed by atoms with van der Waals surface area (Å²) in [5, 5.41) is 4.73. The van der Waals surface area contributed by atoms with Crippen molar-refractivity contribution in [2.75, 3.05) is 12.4 Å². The van der Waals surface area contributed by atoms with Gasteiger partial charge in [0.05, 0.1) is 0 Å². The van der Waals surface area contributed by atoms with Crippen LogP contribution in [0.3, 0.4) is 0 Å². The maximum atomic E-state index is 12.5. The monoisotopic (exact) mass is 235 g/mol. The van der Waals surface area contributed by atoms with Gasteiger partial charge in [0.15, 0.2) is 0 Å². The Balaban J connectivity index is 3.64. The van der Waals surface area contributed by atoms with Crippen molar-refractivity contribution in [3.8, 4) is 0 Å². The summed E-state index contributed by atoms with van der Waals surface area (Å²) in [6, 6.07) is 0.528. The lowest BCUT2D eigenvalue weighted by atomic mass is 10.2. The summed E-state index contributed by atoms with van der Waals surface area (Å²) in [5.41, 5.74) is -2.98. The number of nitroso groups, excluding NO2 is 1. The molecule has 8 heteroatoms. The molecule has 0 fully saturated rings. The molecule has 5 nitrogen and oxygen atoms in total. The van der Waals surface area contributed by atoms with Crippen LogP contribution in [0.15, 0.2) is 16.0 Å². The van der Waals surface area contributed by atoms with E-state index in [2.05, 4.69) is 10.5 Å². The van der Waals surface area contributed by atoms with E-state index in [9.17, 15) is 22.9 Å². The molecule has 0 aromatic carbocycles. The molecular formula is C8H8F3N3O2. The van der Waals surface area contributed by atoms with Crippen molar-refractivity contribution in [1.82, 2.24) is 4.57 Å². The molecule has 1 N–H and O–H groups in total. The van der Waals surface area contributed by atoms with Crippen molar-refractivity contribution in [3.63, 3.8) is 0 Å². The van der Waals surface area contributed by atoms with Gasteiger partial charge in [-0.3, -0.25) is 4.79 Å². The molecule has 0 unspecified atom stereocenters. The number of hydrogen-bond donors (Lipinski definition) is 1. The molecule has 0 aliphatic heterocycles. The fraction of sp³-hybridized carbons (Fsp3) is 0.375. The van der Waals surface area contributed by atoms with E-state index >= 15 is 0 Å². The summed E-state index contributed by atoms with van der Waals surface area (Å²) in [5.74, 6) is 0. The van der Waals surface area contributed by atoms with E-state index < -0.39 is 23.1 Å². The topological polar surface area (TPSA) is 63.5 Å². The van der Waals surface area contributed by atoms with E-state index in [0.29, 0.717) is 10.6 Å². The maximum absolute atomic E-state index is 12.5. The molecule has 0 aliphatic carbocycles. The lowest BCUT2D eigenvalue weighted by Crippen LogP contribution is -2.27. The van der Waals surface area contributed by atoms with Crippen LogP contribution in [0.5, 0.6) is 0 Å². The number of nitrogens with zero attached hydrogens (tertiary/aromatic N) is 2. The van der Waals surface area contributed by atoms with Crippen LogP contribution in [-0.2, 0) is 13.2 Å². The average Bonchev–Trinajstić information content (AvgIpc) is 2.19. The first-order valence-corrected chi connectivity index (χ1v) is 4.15. The predicted octanol–water partition coefficient (Wildman–Crippen LogP) is 1.84. The summed E-state index contributed by atoms with van der Waals surface area (Å²) < 4.78 is 37.8. The van der Waals surface area contributed by atoms with Crippen molar-refractivity contribution in [3.05, 3.63) is 27.0 Å². The molecule has 1 heterocycles. The Labute approximate surface area is 87.9 Å². The van der Waals surface area contributed by atoms with Gasteiger partial charge in [0.2, 0.25) is 0 Å². The van der Waals surface area contributed by atoms with Crippen molar-refractivity contribution in [2.45, 2.75) is 6.18 Å². The number of hydrogen-bond acceptors (Lipinski definition) is 4. The third kappa shape index (κ3) is 1.90. The van der Waals surface area contributed by atoms with Gasteiger partial charge in [0.25, 0.3) is 5.56 Å². The Kier molecular flexibility index (Phi) is 3.02. The Hall–Kier alpha value is -1.86. The first-order chi connectivity index (χ1) is 7.32. The van der Waals surface area contributed by atoms with E-state index in [1.165, 1.54) is 7.05 Å². The predicted molar refractivity (Wildman–Crippen MR) is 51.7 cm³/mol. The smallest absolute Gasteiger partial charge is 0.382 e. The summed E-state index contributed by atoms with van der Waals surface area (Å²) in [4.78, 5) is 21.8. The highest BCUT2D eigenvalue weighted by Gasteiger charge is 2.35. The van der Waals surface area contributed by atoms with Crippen LogP contribution in [0.2, 0.25) is 0 Å². The number of rotatable bonds is 2. The van der Waals surface area contributed by atoms with Crippen molar-refractivity contribution < 1.29 is 13.2 Å². The third-order valence-electron chi connectivity index (χ3n) is 2.05. The molecule has 1 aromatic heterocycles. The fourth-order valence-electron chi connectivity index (χ4n) is 1.26. The van der Waals surface area contributed by atoms with Crippen LogP contribution in [-0.4, -0.2) is 11.6 Å². The van der Waals surface area contributed by atoms with Crippen molar-refractivity contribution in [1.29, 1.82) is 0 Å². The fourth-order valence-corrected chi connectivity index (χ4v) is 1.26. The minimum absolute atomic E-state index is 0.259. The molecule has 1 aromatic rings. The maximum Gasteiger partial charge on any atom is 0.431 e. The minimum Gasteiger partial charge on any atom is -0.382 e. The molecule has 16 heavy (non-hydrogen) atoms. The largest absolute Gasteiger partial charge is 0.431 e. The number of halogens is 3. The van der Waals surface area contributed by atoms with Gasteiger partial charge < -0.3 is 9.88 Å². The zero-order valence-corrected chi connectivity index (χ0v) is 8.42. The normalized spacial score (nSPS) is 11.3. The third-order valence-corrected chi connectivity index (χ3v) is 2.05. The number of pyridine rings is 1. The van der Waals surface area contributed by atoms with Gasteiger partial charge >= 0.3 is 6.18 Å². The van der Waals surface area contributed by atoms with Crippen LogP contribution in [0.4, 0.5) is 24.5 Å². The first kappa shape index (κ1) is 12.2. The van der Waals surface area contributed by atoms with Crippen LogP contribution in [0.25, 0.3) is 0 Å². The van der Waals surface area contributed by atoms with Crippen molar-refractivity contribution in [2.24, 2.45) is 12.2 Å². The summed E-state index contributed by atoms with van der Waals surface area (Å²) in [7, 11) is 2.29. The van der Waals surface area contributed by atoms with Gasteiger partial charge in [-0.05, 0) is 11.2 Å². The van der Waals surface area contributed by atoms with E-state index in [0.717, 1.165) is 7.05 Å². The number of anilines is 1. The zero-order chi connectivity index (χ0) is 12.5. The lowest BCUT2D eigenvalue weighted by molar-refractivity contribution is -0.143. The van der Waals surface area contributed by atoms with E-state index in [-0.39, 0.29) is 5.69 Å². The van der Waals surface area contributed by atoms with E-state index in [4.69, 9.17) is 0 Å². The first-order valence-electron chi connectivity index (χ1n) is 4.15. The summed E-state index contributed by atoms with van der Waals surface area (Å²) in [6.45, 7) is 0. The van der Waals surface area contributed by atoms with Crippen molar-refractivity contribution >= 4 is 11.4 Å². The Bertz CT molecular complexity index is 479. The zero-order valence-electron chi connectivity index (χ0n) is 8.42. The van der Waals surface area contributed by atoms with Gasteiger partial charge in [-0.2, -0.15) is 13.2 Å². The quantitative estimate of drug-likeness (QED) is 0.795. The summed E-state index contributed by atoms with van der Waals surface area (Å²) >= 11 is 0. The van der Waals surface area contributed by atoms with Gasteiger partial charge in [-0.15, -0.1) is 4.91 Å². The van der Waals surface area contributed by atoms with Crippen LogP contribution in [0, 0.1) is 4.91 Å². The Morgan fingerprint density at radius 3 is 2.38 bits per heavy atom. The van der Waals surface area contributed by atoms with Crippen LogP contribution < -0.4 is 10.9 Å². The molecule has 0 saturated heterocycles. The van der Waals surface area contributed by atoms with Crippen LogP contribution >= 0.6 is 0 Å². The highest BCUT2D eigenvalue weighted by molar-refractivity contribution is 5.64. The molecule has 0 radical (unpaired) electrons. The van der Waals surface area contributed by atoms with Gasteiger partial charge in [0, 0.05) is 14.1 Å². The SMILES string of the molecule is CNc1c(N=O)cc(C(F)(F)F)n(C)c1=O. The van der Waals surface area contributed by atoms with Gasteiger partial charge in [-0.25, -0.2) is 0 Å². The average molecular weight is 235 g/mol. The molecule has 88 valence electrons. The van der Waals surface area contributed by atoms with Gasteiger partial charge in [-0.1, -0.05) is 0 Å². The Morgan fingerprint density at radius 1 is 1.44 bits per heavy atom. The summed E-state index contributed by atoms with van der Waals surface area (Å²) in [6.07, 6.45) is -4.71. The number of nitrogens with one attached hydrogen (secondary N) is 1. The minimum atomic E-state index is -4.71. The molecule has 0 spiro atoms. The molecule has 1 rings (SSSR count). The molecule has 0 bridgehead atoms. The van der Waals surface area contributed by atoms with Crippen LogP contribution in [0.1, 0.15) is 5.69 Å². The highest BCUT2D eigenvalue weighted by Crippen LogP contribution is 2.32.